The molecule has 190 valence electrons. The monoisotopic (exact) mass is 538 g/mol. The summed E-state index contributed by atoms with van der Waals surface area (Å²) in [5, 5.41) is 11.8. The minimum atomic E-state index is -1.01. The highest BCUT2D eigenvalue weighted by molar-refractivity contribution is 7.17. The number of thiazole rings is 1. The molecule has 8 nitrogen and oxygen atoms in total. The van der Waals surface area contributed by atoms with Gasteiger partial charge in [0.05, 0.1) is 23.9 Å². The van der Waals surface area contributed by atoms with Crippen molar-refractivity contribution in [3.63, 3.8) is 0 Å². The molecule has 10 heteroatoms. The minimum Gasteiger partial charge on any atom is -0.507 e. The van der Waals surface area contributed by atoms with Gasteiger partial charge in [0.2, 0.25) is 0 Å². The summed E-state index contributed by atoms with van der Waals surface area (Å²) >= 11 is 6.91. The van der Waals surface area contributed by atoms with E-state index in [1.54, 1.807) is 55.5 Å². The van der Waals surface area contributed by atoms with Crippen LogP contribution in [0.1, 0.15) is 39.5 Å². The Labute approximate surface area is 222 Å². The van der Waals surface area contributed by atoms with E-state index in [1.165, 1.54) is 11.0 Å². The number of aliphatic hydroxyl groups excluding tert-OH is 1. The van der Waals surface area contributed by atoms with Gasteiger partial charge in [-0.1, -0.05) is 47.7 Å². The molecule has 1 fully saturated rings. The topological polar surface area (TPSA) is 106 Å². The third-order valence-corrected chi connectivity index (χ3v) is 6.97. The first kappa shape index (κ1) is 26.1. The maximum Gasteiger partial charge on any atom is 0.350 e. The van der Waals surface area contributed by atoms with Gasteiger partial charge in [-0.15, -0.1) is 0 Å². The molecule has 1 aromatic heterocycles. The molecule has 1 saturated heterocycles. The molecule has 3 aromatic rings. The van der Waals surface area contributed by atoms with E-state index in [9.17, 15) is 19.5 Å². The number of halogens is 1. The Morgan fingerprint density at radius 3 is 2.49 bits per heavy atom. The van der Waals surface area contributed by atoms with Crippen molar-refractivity contribution < 1.29 is 29.0 Å². The zero-order valence-electron chi connectivity index (χ0n) is 20.1. The molecule has 2 aromatic carbocycles. The second-order valence-electron chi connectivity index (χ2n) is 7.98. The molecule has 0 bridgehead atoms. The first-order chi connectivity index (χ1) is 17.8. The number of benzene rings is 2. The number of aliphatic hydroxyl groups is 1. The summed E-state index contributed by atoms with van der Waals surface area (Å²) in [7, 11) is 0. The Morgan fingerprint density at radius 2 is 1.86 bits per heavy atom. The van der Waals surface area contributed by atoms with Gasteiger partial charge in [-0.3, -0.25) is 14.5 Å². The van der Waals surface area contributed by atoms with Gasteiger partial charge in [-0.25, -0.2) is 9.78 Å². The number of aryl methyl sites for hydroxylation is 1. The predicted octanol–water partition coefficient (Wildman–Crippen LogP) is 5.47. The molecule has 4 rings (SSSR count). The molecule has 1 aliphatic rings. The second-order valence-corrected chi connectivity index (χ2v) is 9.39. The molecule has 0 radical (unpaired) electrons. The number of anilines is 1. The highest BCUT2D eigenvalue weighted by atomic mass is 35.5. The summed E-state index contributed by atoms with van der Waals surface area (Å²) < 4.78 is 10.6. The van der Waals surface area contributed by atoms with Crippen LogP contribution in [0.3, 0.4) is 0 Å². The lowest BCUT2D eigenvalue weighted by Crippen LogP contribution is -2.29. The number of aromatic nitrogens is 1. The number of nitrogens with zero attached hydrogens (tertiary/aromatic N) is 2. The van der Waals surface area contributed by atoms with E-state index < -0.39 is 23.7 Å². The smallest absolute Gasteiger partial charge is 0.350 e. The lowest BCUT2D eigenvalue weighted by molar-refractivity contribution is -0.132. The quantitative estimate of drug-likeness (QED) is 0.133. The summed E-state index contributed by atoms with van der Waals surface area (Å²) in [4.78, 5) is 44.9. The largest absolute Gasteiger partial charge is 0.507 e. The van der Waals surface area contributed by atoms with E-state index in [4.69, 9.17) is 21.1 Å². The van der Waals surface area contributed by atoms with Crippen molar-refractivity contribution in [2.75, 3.05) is 18.1 Å². The number of rotatable bonds is 8. The van der Waals surface area contributed by atoms with Gasteiger partial charge in [-0.05, 0) is 55.8 Å². The van der Waals surface area contributed by atoms with Crippen molar-refractivity contribution in [3.05, 3.63) is 93.5 Å². The van der Waals surface area contributed by atoms with Gasteiger partial charge in [-0.2, -0.15) is 0 Å². The average molecular weight is 539 g/mol. The number of hydrogen-bond donors (Lipinski definition) is 1. The van der Waals surface area contributed by atoms with Gasteiger partial charge in [0.25, 0.3) is 5.78 Å². The Balaban J connectivity index is 1.86. The van der Waals surface area contributed by atoms with Crippen LogP contribution in [0.2, 0.25) is 5.02 Å². The number of ketones is 1. The molecule has 2 heterocycles. The Hall–Kier alpha value is -3.95. The molecule has 1 unspecified atom stereocenters. The summed E-state index contributed by atoms with van der Waals surface area (Å²) in [6, 6.07) is 12.1. The van der Waals surface area contributed by atoms with Crippen LogP contribution >= 0.6 is 22.9 Å². The van der Waals surface area contributed by atoms with E-state index in [2.05, 4.69) is 11.6 Å². The number of carbonyl (C=O) groups is 3. The molecule has 0 spiro atoms. The molecule has 0 aliphatic carbocycles. The van der Waals surface area contributed by atoms with Crippen LogP contribution in [-0.4, -0.2) is 41.0 Å². The van der Waals surface area contributed by atoms with Crippen LogP contribution in [0.5, 0.6) is 5.75 Å². The van der Waals surface area contributed by atoms with Crippen LogP contribution in [-0.2, 0) is 14.3 Å². The van der Waals surface area contributed by atoms with Crippen LogP contribution in [0.25, 0.3) is 5.76 Å². The first-order valence-electron chi connectivity index (χ1n) is 11.3. The lowest BCUT2D eigenvalue weighted by Gasteiger charge is -2.23. The maximum atomic E-state index is 13.3. The van der Waals surface area contributed by atoms with Gasteiger partial charge in [0.1, 0.15) is 23.0 Å². The van der Waals surface area contributed by atoms with Crippen molar-refractivity contribution in [3.8, 4) is 5.75 Å². The van der Waals surface area contributed by atoms with Crippen LogP contribution < -0.4 is 9.64 Å². The van der Waals surface area contributed by atoms with Crippen molar-refractivity contribution in [2.24, 2.45) is 0 Å². The predicted molar refractivity (Wildman–Crippen MR) is 141 cm³/mol. The summed E-state index contributed by atoms with van der Waals surface area (Å²) in [5.74, 6) is -2.12. The number of esters is 1. The summed E-state index contributed by atoms with van der Waals surface area (Å²) in [6.45, 7) is 7.48. The second kappa shape index (κ2) is 11.0. The number of Topliss-reactive ketones (excluding diaryl/α,β-unsaturated/α-hetero) is 1. The molecular formula is C27H23ClN2O6S. The van der Waals surface area contributed by atoms with Crippen molar-refractivity contribution in [1.29, 1.82) is 0 Å². The standard InChI is InChI=1S/C27H23ClN2O6S/c1-4-14-36-26(34)24-15(3)29-27(37-24)30-21(16-8-12-19(13-9-16)35-5-2)20(23(32)25(30)33)22(31)17-6-10-18(28)11-7-17/h4,6-13,21,31H,1,5,14H2,2-3H3/b22-20-. The van der Waals surface area contributed by atoms with Crippen LogP contribution in [0.4, 0.5) is 5.13 Å². The third-order valence-electron chi connectivity index (χ3n) is 5.58. The molecule has 37 heavy (non-hydrogen) atoms. The third kappa shape index (κ3) is 5.14. The Morgan fingerprint density at radius 1 is 1.19 bits per heavy atom. The van der Waals surface area contributed by atoms with Crippen molar-refractivity contribution in [2.45, 2.75) is 19.9 Å². The van der Waals surface area contributed by atoms with E-state index in [0.29, 0.717) is 34.2 Å². The first-order valence-corrected chi connectivity index (χ1v) is 12.5. The number of amides is 1. The zero-order valence-corrected chi connectivity index (χ0v) is 21.6. The van der Waals surface area contributed by atoms with Crippen molar-refractivity contribution in [1.82, 2.24) is 4.98 Å². The highest BCUT2D eigenvalue weighted by Gasteiger charge is 2.48. The van der Waals surface area contributed by atoms with Gasteiger partial charge < -0.3 is 14.6 Å². The normalized spacial score (nSPS) is 16.6. The van der Waals surface area contributed by atoms with Crippen LogP contribution in [0, 0.1) is 6.92 Å². The van der Waals surface area contributed by atoms with Crippen molar-refractivity contribution >= 4 is 51.5 Å². The summed E-state index contributed by atoms with van der Waals surface area (Å²) in [6.07, 6.45) is 1.44. The van der Waals surface area contributed by atoms with Gasteiger partial charge in [0.15, 0.2) is 5.13 Å². The molecule has 1 atom stereocenters. The number of carbonyl (C=O) groups excluding carboxylic acids is 3. The lowest BCUT2D eigenvalue weighted by atomic mass is 9.95. The van der Waals surface area contributed by atoms with Gasteiger partial charge >= 0.3 is 11.9 Å². The summed E-state index contributed by atoms with van der Waals surface area (Å²) in [5.41, 5.74) is 1.10. The maximum absolute atomic E-state index is 13.3. The molecule has 1 amide bonds. The molecular weight excluding hydrogens is 516 g/mol. The SMILES string of the molecule is C=CCOC(=O)c1sc(N2C(=O)C(=O)/C(=C(\O)c3ccc(Cl)cc3)C2c2ccc(OCC)cc2)nc1C. The Bertz CT molecular complexity index is 1400. The fraction of sp³-hybridized carbons (Fsp3) is 0.185. The number of hydrogen-bond acceptors (Lipinski definition) is 8. The average Bonchev–Trinajstić information content (AvgIpc) is 3.40. The van der Waals surface area contributed by atoms with E-state index in [1.807, 2.05) is 6.92 Å². The molecule has 0 saturated carbocycles. The van der Waals surface area contributed by atoms with E-state index in [-0.39, 0.29) is 27.9 Å². The zero-order chi connectivity index (χ0) is 26.7. The minimum absolute atomic E-state index is 0.0172. The fourth-order valence-electron chi connectivity index (χ4n) is 3.90. The molecule has 1 aliphatic heterocycles. The number of ether oxygens (including phenoxy) is 2. The van der Waals surface area contributed by atoms with Crippen LogP contribution in [0.15, 0.2) is 66.8 Å². The van der Waals surface area contributed by atoms with Gasteiger partial charge in [0, 0.05) is 10.6 Å². The van der Waals surface area contributed by atoms with E-state index >= 15 is 0 Å². The highest BCUT2D eigenvalue weighted by Crippen LogP contribution is 2.44. The molecule has 1 N–H and O–H groups in total. The van der Waals surface area contributed by atoms with E-state index in [0.717, 1.165) is 11.3 Å². The Kier molecular flexibility index (Phi) is 7.75. The fourth-order valence-corrected chi connectivity index (χ4v) is 5.01.